The van der Waals surface area contributed by atoms with Crippen LogP contribution in [0.3, 0.4) is 0 Å². The van der Waals surface area contributed by atoms with Gasteiger partial charge in [0.15, 0.2) is 0 Å². The minimum atomic E-state index is -0.384. The molecule has 0 saturated carbocycles. The van der Waals surface area contributed by atoms with E-state index in [1.54, 1.807) is 16.7 Å². The van der Waals surface area contributed by atoms with E-state index in [1.165, 1.54) is 16.3 Å². The largest absolute Gasteiger partial charge is 0.344 e. The number of nitrogens with zero attached hydrogens (tertiary/aromatic N) is 1. The first-order valence-electron chi connectivity index (χ1n) is 7.59. The quantitative estimate of drug-likeness (QED) is 0.831. The van der Waals surface area contributed by atoms with Crippen molar-refractivity contribution < 1.29 is 4.79 Å². The zero-order valence-electron chi connectivity index (χ0n) is 13.7. The van der Waals surface area contributed by atoms with Crippen LogP contribution in [0, 0.1) is 0 Å². The second-order valence-corrected chi connectivity index (χ2v) is 6.52. The normalized spacial score (nSPS) is 11.8. The fraction of sp³-hybridized carbons (Fsp3) is 0.389. The second-order valence-electron chi connectivity index (χ2n) is 5.54. The molecule has 0 spiro atoms. The van der Waals surface area contributed by atoms with Crippen molar-refractivity contribution in [1.82, 2.24) is 4.90 Å². The third kappa shape index (κ3) is 5.41. The molecule has 0 heterocycles. The summed E-state index contributed by atoms with van der Waals surface area (Å²) in [6.07, 6.45) is 3.61. The highest BCUT2D eigenvalue weighted by Gasteiger charge is 2.17. The van der Waals surface area contributed by atoms with Gasteiger partial charge in [-0.3, -0.25) is 4.79 Å². The molecule has 2 aromatic carbocycles. The molecule has 0 saturated heterocycles. The molecule has 3 nitrogen and oxygen atoms in total. The van der Waals surface area contributed by atoms with Gasteiger partial charge in [-0.25, -0.2) is 0 Å². The molecular formula is C18H25ClN2OS. The lowest BCUT2D eigenvalue weighted by Gasteiger charge is -2.21. The number of amides is 1. The standard InChI is InChI=1S/C18H24N2OS.ClH/c1-20(18(21)17(19)11-13-22-2)12-10-15-8-5-7-14-6-3-4-9-16(14)15;/h3-9,17H,10-13,19H2,1-2H3;1H/t17-;/m0./s1. The van der Waals surface area contributed by atoms with Gasteiger partial charge < -0.3 is 10.6 Å². The zero-order valence-corrected chi connectivity index (χ0v) is 15.3. The van der Waals surface area contributed by atoms with Crippen LogP contribution in [0.15, 0.2) is 42.5 Å². The van der Waals surface area contributed by atoms with Crippen molar-refractivity contribution in [1.29, 1.82) is 0 Å². The van der Waals surface area contributed by atoms with Crippen LogP contribution < -0.4 is 5.73 Å². The summed E-state index contributed by atoms with van der Waals surface area (Å²) in [5.41, 5.74) is 7.23. The van der Waals surface area contributed by atoms with Crippen molar-refractivity contribution in [2.24, 2.45) is 5.73 Å². The summed E-state index contributed by atoms with van der Waals surface area (Å²) in [6, 6.07) is 14.3. The molecule has 0 radical (unpaired) electrons. The summed E-state index contributed by atoms with van der Waals surface area (Å²) < 4.78 is 0. The van der Waals surface area contributed by atoms with Crippen LogP contribution in [0.1, 0.15) is 12.0 Å². The number of nitrogens with two attached hydrogens (primary N) is 1. The number of likely N-dealkylation sites (N-methyl/N-ethyl adjacent to an activating group) is 1. The van der Waals surface area contributed by atoms with Crippen LogP contribution >= 0.6 is 24.2 Å². The van der Waals surface area contributed by atoms with Crippen LogP contribution in [0.4, 0.5) is 0 Å². The van der Waals surface area contributed by atoms with Gasteiger partial charge >= 0.3 is 0 Å². The number of hydrogen-bond acceptors (Lipinski definition) is 3. The van der Waals surface area contributed by atoms with Gasteiger partial charge in [-0.2, -0.15) is 11.8 Å². The molecule has 0 aliphatic rings. The highest BCUT2D eigenvalue weighted by molar-refractivity contribution is 7.98. The van der Waals surface area contributed by atoms with Gasteiger partial charge in [0, 0.05) is 13.6 Å². The summed E-state index contributed by atoms with van der Waals surface area (Å²) in [5.74, 6) is 0.957. The number of fused-ring (bicyclic) bond motifs is 1. The smallest absolute Gasteiger partial charge is 0.239 e. The first kappa shape index (κ1) is 19.8. The van der Waals surface area contributed by atoms with Gasteiger partial charge in [0.1, 0.15) is 0 Å². The van der Waals surface area contributed by atoms with Crippen LogP contribution in [0.2, 0.25) is 0 Å². The summed E-state index contributed by atoms with van der Waals surface area (Å²) >= 11 is 1.72. The molecule has 2 aromatic rings. The van der Waals surface area contributed by atoms with Crippen LogP contribution in [-0.4, -0.2) is 42.4 Å². The summed E-state index contributed by atoms with van der Waals surface area (Å²) in [4.78, 5) is 14.0. The molecule has 0 bridgehead atoms. The van der Waals surface area contributed by atoms with E-state index in [1.807, 2.05) is 19.4 Å². The van der Waals surface area contributed by atoms with Gasteiger partial charge in [0.25, 0.3) is 0 Å². The molecule has 2 N–H and O–H groups in total. The molecular weight excluding hydrogens is 328 g/mol. The van der Waals surface area contributed by atoms with Crippen molar-refractivity contribution in [3.05, 3.63) is 48.0 Å². The van der Waals surface area contributed by atoms with Gasteiger partial charge in [-0.05, 0) is 41.2 Å². The number of hydrogen-bond donors (Lipinski definition) is 1. The highest BCUT2D eigenvalue weighted by atomic mass is 35.5. The maximum absolute atomic E-state index is 12.2. The van der Waals surface area contributed by atoms with Crippen molar-refractivity contribution in [3.63, 3.8) is 0 Å². The first-order valence-corrected chi connectivity index (χ1v) is 8.99. The SMILES string of the molecule is CSCC[C@H](N)C(=O)N(C)CCc1cccc2ccccc12.Cl. The zero-order chi connectivity index (χ0) is 15.9. The number of carbonyl (C=O) groups excluding carboxylic acids is 1. The third-order valence-corrected chi connectivity index (χ3v) is 4.57. The summed E-state index contributed by atoms with van der Waals surface area (Å²) in [7, 11) is 1.84. The monoisotopic (exact) mass is 352 g/mol. The molecule has 5 heteroatoms. The molecule has 0 aliphatic carbocycles. The Kier molecular flexibility index (Phi) is 8.45. The number of thioether (sulfide) groups is 1. The second kappa shape index (κ2) is 9.81. The number of benzene rings is 2. The molecule has 1 atom stereocenters. The maximum Gasteiger partial charge on any atom is 0.239 e. The molecule has 0 aromatic heterocycles. The van der Waals surface area contributed by atoms with E-state index in [4.69, 9.17) is 5.73 Å². The van der Waals surface area contributed by atoms with E-state index in [0.29, 0.717) is 6.54 Å². The summed E-state index contributed by atoms with van der Waals surface area (Å²) in [5, 5.41) is 2.50. The molecule has 0 aliphatic heterocycles. The van der Waals surface area contributed by atoms with E-state index in [-0.39, 0.29) is 24.4 Å². The topological polar surface area (TPSA) is 46.3 Å². The van der Waals surface area contributed by atoms with E-state index < -0.39 is 0 Å². The molecule has 1 amide bonds. The Hall–Kier alpha value is -1.23. The Morgan fingerprint density at radius 1 is 1.22 bits per heavy atom. The van der Waals surface area contributed by atoms with E-state index in [0.717, 1.165) is 18.6 Å². The Labute approximate surface area is 149 Å². The lowest BCUT2D eigenvalue weighted by molar-refractivity contribution is -0.131. The Morgan fingerprint density at radius 3 is 2.65 bits per heavy atom. The summed E-state index contributed by atoms with van der Waals surface area (Å²) in [6.45, 7) is 0.694. The van der Waals surface area contributed by atoms with Gasteiger partial charge in [0.2, 0.25) is 5.91 Å². The van der Waals surface area contributed by atoms with Gasteiger partial charge in [0.05, 0.1) is 6.04 Å². The van der Waals surface area contributed by atoms with Gasteiger partial charge in [-0.1, -0.05) is 42.5 Å². The van der Waals surface area contributed by atoms with Crippen LogP contribution in [0.5, 0.6) is 0 Å². The first-order chi connectivity index (χ1) is 10.6. The van der Waals surface area contributed by atoms with Crippen molar-refractivity contribution in [3.8, 4) is 0 Å². The lowest BCUT2D eigenvalue weighted by Crippen LogP contribution is -2.42. The van der Waals surface area contributed by atoms with E-state index in [9.17, 15) is 4.79 Å². The minimum absolute atomic E-state index is 0. The highest BCUT2D eigenvalue weighted by Crippen LogP contribution is 2.19. The minimum Gasteiger partial charge on any atom is -0.344 e. The average molecular weight is 353 g/mol. The van der Waals surface area contributed by atoms with Crippen molar-refractivity contribution in [2.45, 2.75) is 18.9 Å². The Bertz CT molecular complexity index is 630. The molecule has 2 rings (SSSR count). The number of rotatable bonds is 7. The van der Waals surface area contributed by atoms with E-state index in [2.05, 4.69) is 36.4 Å². The molecule has 0 unspecified atom stereocenters. The maximum atomic E-state index is 12.2. The molecule has 0 fully saturated rings. The number of halogens is 1. The van der Waals surface area contributed by atoms with Crippen LogP contribution in [-0.2, 0) is 11.2 Å². The predicted octanol–water partition coefficient (Wildman–Crippen LogP) is 3.34. The van der Waals surface area contributed by atoms with Crippen molar-refractivity contribution in [2.75, 3.05) is 25.6 Å². The van der Waals surface area contributed by atoms with Crippen LogP contribution in [0.25, 0.3) is 10.8 Å². The fourth-order valence-corrected chi connectivity index (χ4v) is 3.05. The molecule has 126 valence electrons. The number of carbonyl (C=O) groups is 1. The Balaban J connectivity index is 0.00000264. The van der Waals surface area contributed by atoms with Gasteiger partial charge in [-0.15, -0.1) is 12.4 Å². The average Bonchev–Trinajstić information content (AvgIpc) is 2.56. The van der Waals surface area contributed by atoms with Crippen molar-refractivity contribution >= 4 is 40.8 Å². The lowest BCUT2D eigenvalue weighted by atomic mass is 10.0. The third-order valence-electron chi connectivity index (χ3n) is 3.92. The fourth-order valence-electron chi connectivity index (χ4n) is 2.56. The predicted molar refractivity (Wildman–Crippen MR) is 104 cm³/mol. The Morgan fingerprint density at radius 2 is 1.91 bits per heavy atom. The molecule has 23 heavy (non-hydrogen) atoms. The van der Waals surface area contributed by atoms with E-state index >= 15 is 0 Å².